The van der Waals surface area contributed by atoms with E-state index < -0.39 is 20.0 Å². The molecule has 3 N–H and O–H groups in total. The van der Waals surface area contributed by atoms with Crippen LogP contribution < -0.4 is 19.4 Å². The maximum atomic E-state index is 13.0. The smallest absolute Gasteiger partial charge is 0.266 e. The van der Waals surface area contributed by atoms with Crippen LogP contribution >= 0.6 is 11.6 Å². The normalized spacial score (nSPS) is 18.3. The molecule has 1 aliphatic carbocycles. The van der Waals surface area contributed by atoms with Crippen molar-refractivity contribution in [3.63, 3.8) is 0 Å². The monoisotopic (exact) mass is 559 g/mol. The van der Waals surface area contributed by atoms with Gasteiger partial charge in [0.05, 0.1) is 17.2 Å². The lowest BCUT2D eigenvalue weighted by atomic mass is 9.98. The van der Waals surface area contributed by atoms with E-state index >= 15 is 0 Å². The van der Waals surface area contributed by atoms with Gasteiger partial charge in [0.1, 0.15) is 15.5 Å². The van der Waals surface area contributed by atoms with Gasteiger partial charge in [-0.3, -0.25) is 4.84 Å². The molecule has 0 amide bonds. The molecule has 36 heavy (non-hydrogen) atoms. The Balaban J connectivity index is 1.34. The SMILES string of the molecule is O=S(=O)(NO)c1ccc(N2CCC(ONS(=O)(=O)c3ccccc3OC3CCCCC3)CC2)cc1Cl. The fraction of sp³-hybridized carbons (Fsp3) is 0.478. The lowest BCUT2D eigenvalue weighted by Crippen LogP contribution is -2.40. The molecular weight excluding hydrogens is 530 g/mol. The Hall–Kier alpha value is -1.93. The van der Waals surface area contributed by atoms with Gasteiger partial charge in [-0.05, 0) is 68.9 Å². The highest BCUT2D eigenvalue weighted by Gasteiger charge is 2.27. The van der Waals surface area contributed by atoms with Crippen LogP contribution in [-0.2, 0) is 24.9 Å². The summed E-state index contributed by atoms with van der Waals surface area (Å²) in [7, 11) is -8.03. The largest absolute Gasteiger partial charge is 0.489 e. The van der Waals surface area contributed by atoms with Crippen molar-refractivity contribution in [1.29, 1.82) is 0 Å². The zero-order valence-electron chi connectivity index (χ0n) is 19.6. The molecule has 0 aromatic heterocycles. The van der Waals surface area contributed by atoms with E-state index in [0.29, 0.717) is 37.4 Å². The highest BCUT2D eigenvalue weighted by molar-refractivity contribution is 7.89. The first-order valence-electron chi connectivity index (χ1n) is 11.8. The van der Waals surface area contributed by atoms with Crippen LogP contribution in [0.1, 0.15) is 44.9 Å². The van der Waals surface area contributed by atoms with Gasteiger partial charge in [0.15, 0.2) is 0 Å². The number of benzene rings is 2. The standard InChI is InChI=1S/C23H30ClN3O7S2/c24-20-16-17(10-11-22(20)35(29,30)25-28)27-14-12-19(13-15-27)34-26-36(31,32)23-9-5-4-8-21(23)33-18-6-2-1-3-7-18/h4-5,8-11,16,18-19,25-26,28H,1-3,6-7,12-15H2. The summed E-state index contributed by atoms with van der Waals surface area (Å²) < 4.78 is 55.6. The van der Waals surface area contributed by atoms with Gasteiger partial charge >= 0.3 is 0 Å². The van der Waals surface area contributed by atoms with Gasteiger partial charge in [-0.2, -0.15) is 0 Å². The van der Waals surface area contributed by atoms with Crippen molar-refractivity contribution in [1.82, 2.24) is 9.77 Å². The Morgan fingerprint density at radius 3 is 2.22 bits per heavy atom. The van der Waals surface area contributed by atoms with Gasteiger partial charge in [-0.1, -0.05) is 39.9 Å². The van der Waals surface area contributed by atoms with Crippen LogP contribution in [0.3, 0.4) is 0 Å². The molecule has 10 nitrogen and oxygen atoms in total. The topological polar surface area (TPSA) is 134 Å². The van der Waals surface area contributed by atoms with Crippen LogP contribution in [0.2, 0.25) is 5.02 Å². The van der Waals surface area contributed by atoms with Crippen molar-refractivity contribution in [2.75, 3.05) is 18.0 Å². The van der Waals surface area contributed by atoms with Crippen molar-refractivity contribution >= 4 is 37.3 Å². The second-order valence-corrected chi connectivity index (χ2v) is 12.6. The molecule has 2 fully saturated rings. The highest BCUT2D eigenvalue weighted by Crippen LogP contribution is 2.30. The number of hydrogen-bond acceptors (Lipinski definition) is 8. The fourth-order valence-electron chi connectivity index (χ4n) is 4.49. The van der Waals surface area contributed by atoms with Crippen molar-refractivity contribution in [3.8, 4) is 5.75 Å². The maximum Gasteiger partial charge on any atom is 0.266 e. The molecule has 1 heterocycles. The first-order valence-corrected chi connectivity index (χ1v) is 15.2. The summed E-state index contributed by atoms with van der Waals surface area (Å²) >= 11 is 6.10. The van der Waals surface area contributed by atoms with Gasteiger partial charge in [0, 0.05) is 18.8 Å². The first-order chi connectivity index (χ1) is 17.2. The zero-order valence-corrected chi connectivity index (χ0v) is 22.0. The van der Waals surface area contributed by atoms with E-state index in [1.807, 2.05) is 4.90 Å². The third-order valence-corrected chi connectivity index (χ3v) is 9.27. The molecule has 1 saturated carbocycles. The number of para-hydroxylation sites is 1. The minimum absolute atomic E-state index is 0.0166. The Morgan fingerprint density at radius 1 is 0.861 bits per heavy atom. The first kappa shape index (κ1) is 27.1. The summed E-state index contributed by atoms with van der Waals surface area (Å²) in [6.45, 7) is 1.10. The molecule has 198 valence electrons. The van der Waals surface area contributed by atoms with E-state index in [2.05, 4.69) is 4.89 Å². The third-order valence-electron chi connectivity index (χ3n) is 6.44. The van der Waals surface area contributed by atoms with Crippen LogP contribution in [0, 0.1) is 0 Å². The summed E-state index contributed by atoms with van der Waals surface area (Å²) in [5.74, 6) is 0.328. The van der Waals surface area contributed by atoms with Crippen molar-refractivity contribution in [2.45, 2.75) is 66.9 Å². The lowest BCUT2D eigenvalue weighted by Gasteiger charge is -2.33. The summed E-state index contributed by atoms with van der Waals surface area (Å²) in [5.41, 5.74) is 0.713. The average molecular weight is 560 g/mol. The van der Waals surface area contributed by atoms with Crippen LogP contribution in [-0.4, -0.2) is 47.3 Å². The number of anilines is 1. The molecule has 2 aromatic carbocycles. The Bertz CT molecular complexity index is 1260. The average Bonchev–Trinajstić information content (AvgIpc) is 2.88. The number of halogens is 1. The minimum atomic E-state index is -4.08. The molecule has 1 saturated heterocycles. The number of rotatable bonds is 9. The molecule has 0 radical (unpaired) electrons. The van der Waals surface area contributed by atoms with Gasteiger partial charge in [-0.25, -0.2) is 16.8 Å². The second-order valence-electron chi connectivity index (χ2n) is 8.93. The van der Waals surface area contributed by atoms with Crippen molar-refractivity contribution in [2.24, 2.45) is 0 Å². The Labute approximate surface area is 216 Å². The lowest BCUT2D eigenvalue weighted by molar-refractivity contribution is 0.00351. The minimum Gasteiger partial charge on any atom is -0.489 e. The summed E-state index contributed by atoms with van der Waals surface area (Å²) in [6, 6.07) is 11.0. The number of ether oxygens (including phenoxy) is 1. The summed E-state index contributed by atoms with van der Waals surface area (Å²) in [5, 5.41) is 8.79. The van der Waals surface area contributed by atoms with E-state index in [4.69, 9.17) is 26.4 Å². The van der Waals surface area contributed by atoms with Crippen molar-refractivity contribution < 1.29 is 31.6 Å². The molecule has 0 spiro atoms. The van der Waals surface area contributed by atoms with E-state index in [1.54, 1.807) is 24.3 Å². The Morgan fingerprint density at radius 2 is 1.56 bits per heavy atom. The van der Waals surface area contributed by atoms with E-state index in [0.717, 1.165) is 25.7 Å². The number of nitrogens with zero attached hydrogens (tertiary/aromatic N) is 1. The number of piperidine rings is 1. The van der Waals surface area contributed by atoms with E-state index in [1.165, 1.54) is 29.5 Å². The fourth-order valence-corrected chi connectivity index (χ4v) is 6.63. The molecule has 0 bridgehead atoms. The molecule has 1 aliphatic heterocycles. The van der Waals surface area contributed by atoms with Crippen LogP contribution in [0.5, 0.6) is 5.75 Å². The molecule has 0 unspecified atom stereocenters. The Kier molecular flexibility index (Phi) is 8.76. The summed E-state index contributed by atoms with van der Waals surface area (Å²) in [6.07, 6.45) is 5.92. The number of hydrogen-bond donors (Lipinski definition) is 3. The second kappa shape index (κ2) is 11.6. The molecule has 2 aromatic rings. The molecule has 0 atom stereocenters. The number of sulfonamides is 2. The molecule has 4 rings (SSSR count). The third kappa shape index (κ3) is 6.49. The predicted octanol–water partition coefficient (Wildman–Crippen LogP) is 3.60. The van der Waals surface area contributed by atoms with Gasteiger partial charge in [0.2, 0.25) is 0 Å². The summed E-state index contributed by atoms with van der Waals surface area (Å²) in [4.78, 5) is 10.9. The van der Waals surface area contributed by atoms with Crippen LogP contribution in [0.15, 0.2) is 52.3 Å². The quantitative estimate of drug-likeness (QED) is 0.397. The number of nitrogens with one attached hydrogen (secondary N) is 2. The van der Waals surface area contributed by atoms with Gasteiger partial charge in [0.25, 0.3) is 20.0 Å². The molecule has 13 heteroatoms. The van der Waals surface area contributed by atoms with Gasteiger partial charge < -0.3 is 14.8 Å². The highest BCUT2D eigenvalue weighted by atomic mass is 35.5. The molecule has 2 aliphatic rings. The van der Waals surface area contributed by atoms with E-state index in [9.17, 15) is 16.8 Å². The van der Waals surface area contributed by atoms with E-state index in [-0.39, 0.29) is 27.0 Å². The van der Waals surface area contributed by atoms with Crippen LogP contribution in [0.25, 0.3) is 0 Å². The maximum absolute atomic E-state index is 13.0. The van der Waals surface area contributed by atoms with Crippen LogP contribution in [0.4, 0.5) is 5.69 Å². The molecular formula is C23H30ClN3O7S2. The van der Waals surface area contributed by atoms with Crippen molar-refractivity contribution in [3.05, 3.63) is 47.5 Å². The zero-order chi connectivity index (χ0) is 25.8. The van der Waals surface area contributed by atoms with Gasteiger partial charge in [-0.15, -0.1) is 0 Å². The predicted molar refractivity (Wildman–Crippen MR) is 134 cm³/mol.